The zero-order valence-corrected chi connectivity index (χ0v) is 11.9. The summed E-state index contributed by atoms with van der Waals surface area (Å²) in [5.41, 5.74) is 9.01. The number of rotatable bonds is 3. The van der Waals surface area contributed by atoms with E-state index in [0.717, 1.165) is 6.54 Å². The van der Waals surface area contributed by atoms with Crippen LogP contribution in [-0.4, -0.2) is 23.5 Å². The van der Waals surface area contributed by atoms with Gasteiger partial charge in [0.05, 0.1) is 0 Å². The number of aryl methyl sites for hydroxylation is 1. The van der Waals surface area contributed by atoms with Crippen LogP contribution in [0.4, 0.5) is 0 Å². The van der Waals surface area contributed by atoms with Crippen LogP contribution in [0.15, 0.2) is 24.3 Å². The fraction of sp³-hybridized carbons (Fsp3) is 0.625. The Balaban J connectivity index is 2.06. The molecule has 1 fully saturated rings. The molecule has 2 heteroatoms. The van der Waals surface area contributed by atoms with Gasteiger partial charge in [0.25, 0.3) is 0 Å². The van der Waals surface area contributed by atoms with Crippen molar-refractivity contribution in [2.45, 2.75) is 58.2 Å². The third kappa shape index (κ3) is 2.93. The van der Waals surface area contributed by atoms with E-state index in [-0.39, 0.29) is 6.04 Å². The van der Waals surface area contributed by atoms with Gasteiger partial charge in [0.15, 0.2) is 0 Å². The van der Waals surface area contributed by atoms with Gasteiger partial charge in [-0.25, -0.2) is 0 Å². The van der Waals surface area contributed by atoms with Crippen LogP contribution >= 0.6 is 0 Å². The summed E-state index contributed by atoms with van der Waals surface area (Å²) >= 11 is 0. The molecule has 0 radical (unpaired) electrons. The predicted octanol–water partition coefficient (Wildman–Crippen LogP) is 3.26. The second-order valence-electron chi connectivity index (χ2n) is 5.79. The largest absolute Gasteiger partial charge is 0.323 e. The summed E-state index contributed by atoms with van der Waals surface area (Å²) in [6.45, 7) is 7.80. The number of hydrogen-bond donors (Lipinski definition) is 1. The molecule has 1 aromatic rings. The first-order valence-corrected chi connectivity index (χ1v) is 7.16. The molecule has 0 aliphatic carbocycles. The molecular weight excluding hydrogens is 220 g/mol. The highest BCUT2D eigenvalue weighted by atomic mass is 15.2. The van der Waals surface area contributed by atoms with E-state index in [2.05, 4.69) is 49.9 Å². The highest BCUT2D eigenvalue weighted by Gasteiger charge is 2.26. The van der Waals surface area contributed by atoms with Crippen molar-refractivity contribution in [3.63, 3.8) is 0 Å². The van der Waals surface area contributed by atoms with Gasteiger partial charge in [-0.15, -0.1) is 0 Å². The van der Waals surface area contributed by atoms with E-state index >= 15 is 0 Å². The molecule has 2 rings (SSSR count). The molecule has 1 heterocycles. The number of nitrogens with zero attached hydrogens (tertiary/aromatic N) is 1. The summed E-state index contributed by atoms with van der Waals surface area (Å²) < 4.78 is 0. The van der Waals surface area contributed by atoms with Crippen molar-refractivity contribution in [3.8, 4) is 0 Å². The van der Waals surface area contributed by atoms with Crippen LogP contribution in [0.2, 0.25) is 0 Å². The standard InChI is InChI=1S/C16H26N2/c1-12-7-4-5-10-15(12)16(17)11-18-13(2)8-6-9-14(18)3/h4-5,7,10,13-14,16H,6,8-9,11,17H2,1-3H3/t13-,14+,16?. The molecule has 3 atom stereocenters. The zero-order valence-electron chi connectivity index (χ0n) is 11.9. The Kier molecular flexibility index (Phi) is 4.41. The van der Waals surface area contributed by atoms with E-state index in [1.807, 2.05) is 0 Å². The summed E-state index contributed by atoms with van der Waals surface area (Å²) in [6.07, 6.45) is 3.98. The predicted molar refractivity (Wildman–Crippen MR) is 77.6 cm³/mol. The van der Waals surface area contributed by atoms with Crippen LogP contribution in [0.25, 0.3) is 0 Å². The van der Waals surface area contributed by atoms with Crippen LogP contribution in [0.5, 0.6) is 0 Å². The highest BCUT2D eigenvalue weighted by molar-refractivity contribution is 5.28. The van der Waals surface area contributed by atoms with Crippen LogP contribution in [-0.2, 0) is 0 Å². The number of hydrogen-bond acceptors (Lipinski definition) is 2. The molecule has 1 saturated heterocycles. The lowest BCUT2D eigenvalue weighted by molar-refractivity contribution is 0.0961. The van der Waals surface area contributed by atoms with Crippen molar-refractivity contribution in [1.29, 1.82) is 0 Å². The molecule has 100 valence electrons. The van der Waals surface area contributed by atoms with E-state index < -0.39 is 0 Å². The van der Waals surface area contributed by atoms with Crippen molar-refractivity contribution in [3.05, 3.63) is 35.4 Å². The lowest BCUT2D eigenvalue weighted by atomic mass is 9.95. The van der Waals surface area contributed by atoms with Crippen LogP contribution in [0.1, 0.15) is 50.3 Å². The maximum absolute atomic E-state index is 6.41. The van der Waals surface area contributed by atoms with Crippen LogP contribution in [0.3, 0.4) is 0 Å². The molecule has 1 aliphatic heterocycles. The minimum atomic E-state index is 0.134. The number of likely N-dealkylation sites (tertiary alicyclic amines) is 1. The SMILES string of the molecule is Cc1ccccc1C(N)CN1[C@H](C)CCC[C@@H]1C. The summed E-state index contributed by atoms with van der Waals surface area (Å²) in [4.78, 5) is 2.58. The number of nitrogens with two attached hydrogens (primary N) is 1. The Morgan fingerprint density at radius 3 is 2.44 bits per heavy atom. The van der Waals surface area contributed by atoms with Crippen molar-refractivity contribution in [2.75, 3.05) is 6.54 Å². The third-order valence-electron chi connectivity index (χ3n) is 4.37. The smallest absolute Gasteiger partial charge is 0.0427 e. The maximum atomic E-state index is 6.41. The molecule has 0 saturated carbocycles. The molecule has 0 amide bonds. The van der Waals surface area contributed by atoms with Crippen molar-refractivity contribution >= 4 is 0 Å². The quantitative estimate of drug-likeness (QED) is 0.887. The van der Waals surface area contributed by atoms with Gasteiger partial charge < -0.3 is 5.73 Å². The minimum Gasteiger partial charge on any atom is -0.323 e. The number of piperidine rings is 1. The molecule has 0 aromatic heterocycles. The van der Waals surface area contributed by atoms with Crippen LogP contribution < -0.4 is 5.73 Å². The van der Waals surface area contributed by atoms with E-state index in [1.165, 1.54) is 30.4 Å². The Bertz CT molecular complexity index is 378. The van der Waals surface area contributed by atoms with Gasteiger partial charge in [0.2, 0.25) is 0 Å². The number of benzene rings is 1. The second-order valence-corrected chi connectivity index (χ2v) is 5.79. The average molecular weight is 246 g/mol. The first-order chi connectivity index (χ1) is 8.59. The first-order valence-electron chi connectivity index (χ1n) is 7.16. The van der Waals surface area contributed by atoms with Crippen LogP contribution in [0, 0.1) is 6.92 Å². The molecule has 2 nitrogen and oxygen atoms in total. The van der Waals surface area contributed by atoms with E-state index in [4.69, 9.17) is 5.73 Å². The summed E-state index contributed by atoms with van der Waals surface area (Å²) in [5.74, 6) is 0. The van der Waals surface area contributed by atoms with Gasteiger partial charge in [-0.2, -0.15) is 0 Å². The minimum absolute atomic E-state index is 0.134. The molecule has 2 N–H and O–H groups in total. The summed E-state index contributed by atoms with van der Waals surface area (Å²) in [5, 5.41) is 0. The highest BCUT2D eigenvalue weighted by Crippen LogP contribution is 2.25. The molecular formula is C16H26N2. The van der Waals surface area contributed by atoms with Gasteiger partial charge in [0.1, 0.15) is 0 Å². The average Bonchev–Trinajstić information content (AvgIpc) is 2.34. The van der Waals surface area contributed by atoms with Gasteiger partial charge in [0, 0.05) is 24.7 Å². The Labute approximate surface area is 111 Å². The van der Waals surface area contributed by atoms with E-state index in [9.17, 15) is 0 Å². The molecule has 18 heavy (non-hydrogen) atoms. The molecule has 0 spiro atoms. The van der Waals surface area contributed by atoms with Crippen molar-refractivity contribution in [1.82, 2.24) is 4.90 Å². The second kappa shape index (κ2) is 5.85. The third-order valence-corrected chi connectivity index (χ3v) is 4.37. The Hall–Kier alpha value is -0.860. The van der Waals surface area contributed by atoms with Gasteiger partial charge in [-0.3, -0.25) is 4.90 Å². The monoisotopic (exact) mass is 246 g/mol. The van der Waals surface area contributed by atoms with Gasteiger partial charge >= 0.3 is 0 Å². The summed E-state index contributed by atoms with van der Waals surface area (Å²) in [7, 11) is 0. The lowest BCUT2D eigenvalue weighted by Crippen LogP contribution is -2.46. The fourth-order valence-corrected chi connectivity index (χ4v) is 3.16. The molecule has 1 aliphatic rings. The van der Waals surface area contributed by atoms with Crippen molar-refractivity contribution < 1.29 is 0 Å². The molecule has 1 unspecified atom stereocenters. The summed E-state index contributed by atoms with van der Waals surface area (Å²) in [6, 6.07) is 9.96. The van der Waals surface area contributed by atoms with Crippen molar-refractivity contribution in [2.24, 2.45) is 5.73 Å². The molecule has 0 bridgehead atoms. The van der Waals surface area contributed by atoms with Gasteiger partial charge in [-0.05, 0) is 44.7 Å². The topological polar surface area (TPSA) is 29.3 Å². The maximum Gasteiger partial charge on any atom is 0.0427 e. The van der Waals surface area contributed by atoms with E-state index in [1.54, 1.807) is 0 Å². The lowest BCUT2D eigenvalue weighted by Gasteiger charge is -2.40. The normalized spacial score (nSPS) is 27.1. The zero-order chi connectivity index (χ0) is 13.1. The van der Waals surface area contributed by atoms with E-state index in [0.29, 0.717) is 12.1 Å². The fourth-order valence-electron chi connectivity index (χ4n) is 3.16. The Morgan fingerprint density at radius 1 is 1.22 bits per heavy atom. The van der Waals surface area contributed by atoms with Gasteiger partial charge in [-0.1, -0.05) is 30.7 Å². The first kappa shape index (κ1) is 13.6. The Morgan fingerprint density at radius 2 is 1.83 bits per heavy atom. The molecule has 1 aromatic carbocycles.